The zero-order valence-corrected chi connectivity index (χ0v) is 14.2. The van der Waals surface area contributed by atoms with Crippen molar-refractivity contribution in [3.05, 3.63) is 53.2 Å². The van der Waals surface area contributed by atoms with Gasteiger partial charge in [0.1, 0.15) is 5.82 Å². The molecule has 2 aromatic rings. The fraction of sp³-hybridized carbons (Fsp3) is 0.222. The van der Waals surface area contributed by atoms with Gasteiger partial charge in [-0.1, -0.05) is 6.07 Å². The molecule has 1 aliphatic rings. The van der Waals surface area contributed by atoms with Gasteiger partial charge in [0.05, 0.1) is 11.1 Å². The zero-order chi connectivity index (χ0) is 18.1. The Balaban J connectivity index is 1.75. The molecule has 1 aromatic heterocycles. The van der Waals surface area contributed by atoms with Crippen LogP contribution in [-0.4, -0.2) is 33.8 Å². The lowest BCUT2D eigenvalue weighted by atomic mass is 10.1. The number of carbonyl (C=O) groups excluding carboxylic acids is 3. The lowest BCUT2D eigenvalue weighted by Gasteiger charge is -2.17. The third-order valence-electron chi connectivity index (χ3n) is 3.85. The summed E-state index contributed by atoms with van der Waals surface area (Å²) in [5.41, 5.74) is 2.06. The lowest BCUT2D eigenvalue weighted by molar-refractivity contribution is 0.0609. The van der Waals surface area contributed by atoms with Crippen molar-refractivity contribution >= 4 is 29.4 Å². The molecule has 1 aromatic carbocycles. The number of imide groups is 1. The molecular formula is C18H18N4O3. The van der Waals surface area contributed by atoms with Gasteiger partial charge >= 0.3 is 6.03 Å². The number of rotatable bonds is 3. The van der Waals surface area contributed by atoms with Crippen molar-refractivity contribution in [2.24, 2.45) is 0 Å². The Kier molecular flexibility index (Phi) is 4.22. The van der Waals surface area contributed by atoms with E-state index in [1.165, 1.54) is 11.0 Å². The zero-order valence-electron chi connectivity index (χ0n) is 14.2. The predicted molar refractivity (Wildman–Crippen MR) is 93.7 cm³/mol. The molecule has 0 spiro atoms. The molecule has 7 heteroatoms. The van der Waals surface area contributed by atoms with Crippen LogP contribution in [0.4, 0.5) is 16.3 Å². The number of amides is 4. The highest BCUT2D eigenvalue weighted by atomic mass is 16.2. The van der Waals surface area contributed by atoms with Gasteiger partial charge in [-0.25, -0.2) is 9.78 Å². The second kappa shape index (κ2) is 6.35. The number of nitrogens with one attached hydrogen (secondary N) is 2. The van der Waals surface area contributed by atoms with E-state index < -0.39 is 6.03 Å². The quantitative estimate of drug-likeness (QED) is 0.842. The Hall–Kier alpha value is -3.22. The van der Waals surface area contributed by atoms with Crippen molar-refractivity contribution in [3.8, 4) is 0 Å². The largest absolute Gasteiger partial charge is 0.324 e. The van der Waals surface area contributed by atoms with E-state index in [1.54, 1.807) is 38.2 Å². The van der Waals surface area contributed by atoms with E-state index in [-0.39, 0.29) is 17.9 Å². The molecule has 2 heterocycles. The molecule has 2 N–H and O–H groups in total. The minimum Gasteiger partial charge on any atom is -0.308 e. The summed E-state index contributed by atoms with van der Waals surface area (Å²) in [5, 5.41) is 5.25. The van der Waals surface area contributed by atoms with E-state index in [1.807, 2.05) is 13.0 Å². The molecule has 0 saturated heterocycles. The van der Waals surface area contributed by atoms with E-state index in [2.05, 4.69) is 15.6 Å². The van der Waals surface area contributed by atoms with Crippen LogP contribution >= 0.6 is 0 Å². The third kappa shape index (κ3) is 3.21. The summed E-state index contributed by atoms with van der Waals surface area (Å²) in [6, 6.07) is 7.49. The third-order valence-corrected chi connectivity index (χ3v) is 3.85. The number of hydrogen-bond acceptors (Lipinski definition) is 4. The normalized spacial score (nSPS) is 13.2. The van der Waals surface area contributed by atoms with Crippen LogP contribution in [0, 0.1) is 6.92 Å². The average Bonchev–Trinajstić information content (AvgIpc) is 2.80. The minimum absolute atomic E-state index is 0.222. The maximum Gasteiger partial charge on any atom is 0.324 e. The lowest BCUT2D eigenvalue weighted by Crippen LogP contribution is -2.35. The van der Waals surface area contributed by atoms with Crippen molar-refractivity contribution in [1.29, 1.82) is 0 Å². The fourth-order valence-electron chi connectivity index (χ4n) is 2.63. The second-order valence-corrected chi connectivity index (χ2v) is 6.13. The Morgan fingerprint density at radius 3 is 2.40 bits per heavy atom. The molecule has 0 unspecified atom stereocenters. The number of urea groups is 1. The fourth-order valence-corrected chi connectivity index (χ4v) is 2.63. The van der Waals surface area contributed by atoms with Gasteiger partial charge in [-0.3, -0.25) is 19.8 Å². The molecule has 4 amide bonds. The van der Waals surface area contributed by atoms with Crippen LogP contribution < -0.4 is 10.6 Å². The Labute approximate surface area is 145 Å². The number of nitrogens with zero attached hydrogens (tertiary/aromatic N) is 2. The van der Waals surface area contributed by atoms with Crippen LogP contribution in [0.3, 0.4) is 0 Å². The molecule has 0 radical (unpaired) electrons. The maximum absolute atomic E-state index is 12.4. The van der Waals surface area contributed by atoms with Gasteiger partial charge in [-0.15, -0.1) is 0 Å². The summed E-state index contributed by atoms with van der Waals surface area (Å²) in [5.74, 6) is -0.240. The number of pyridine rings is 1. The first-order valence-corrected chi connectivity index (χ1v) is 7.89. The van der Waals surface area contributed by atoms with Gasteiger partial charge in [0.2, 0.25) is 0 Å². The first kappa shape index (κ1) is 16.6. The summed E-state index contributed by atoms with van der Waals surface area (Å²) in [4.78, 5) is 42.0. The average molecular weight is 338 g/mol. The number of benzene rings is 1. The van der Waals surface area contributed by atoms with Crippen LogP contribution in [0.25, 0.3) is 0 Å². The standard InChI is InChI=1S/C18H18N4O3/c1-10(2)22-16(23)13-6-5-12(8-14(13)17(22)24)20-18(25)21-15-7-4-11(3)9-19-15/h4-10H,1-3H3,(H2,19,20,21,25). The molecule has 0 saturated carbocycles. The molecule has 0 atom stereocenters. The molecular weight excluding hydrogens is 320 g/mol. The number of carbonyl (C=O) groups is 3. The molecule has 7 nitrogen and oxygen atoms in total. The first-order valence-electron chi connectivity index (χ1n) is 7.89. The van der Waals surface area contributed by atoms with Crippen molar-refractivity contribution in [2.75, 3.05) is 10.6 Å². The molecule has 0 bridgehead atoms. The maximum atomic E-state index is 12.4. The Bertz CT molecular complexity index is 859. The van der Waals surface area contributed by atoms with E-state index in [9.17, 15) is 14.4 Å². The number of hydrogen-bond donors (Lipinski definition) is 2. The number of aryl methyl sites for hydroxylation is 1. The predicted octanol–water partition coefficient (Wildman–Crippen LogP) is 3.04. The topological polar surface area (TPSA) is 91.4 Å². The molecule has 3 rings (SSSR count). The van der Waals surface area contributed by atoms with Crippen LogP contribution in [0.2, 0.25) is 0 Å². The van der Waals surface area contributed by atoms with Crippen LogP contribution in [-0.2, 0) is 0 Å². The highest BCUT2D eigenvalue weighted by molar-refractivity contribution is 6.22. The van der Waals surface area contributed by atoms with Crippen molar-refractivity contribution in [2.45, 2.75) is 26.8 Å². The van der Waals surface area contributed by atoms with Crippen molar-refractivity contribution in [3.63, 3.8) is 0 Å². The highest BCUT2D eigenvalue weighted by Crippen LogP contribution is 2.27. The van der Waals surface area contributed by atoms with Crippen LogP contribution in [0.5, 0.6) is 0 Å². The summed E-state index contributed by atoms with van der Waals surface area (Å²) in [7, 11) is 0. The molecule has 1 aliphatic heterocycles. The monoisotopic (exact) mass is 338 g/mol. The second-order valence-electron chi connectivity index (χ2n) is 6.13. The number of anilines is 2. The summed E-state index contributed by atoms with van der Waals surface area (Å²) >= 11 is 0. The Morgan fingerprint density at radius 2 is 1.76 bits per heavy atom. The minimum atomic E-state index is -0.478. The Morgan fingerprint density at radius 1 is 1.04 bits per heavy atom. The van der Waals surface area contributed by atoms with Gasteiger partial charge in [-0.2, -0.15) is 0 Å². The van der Waals surface area contributed by atoms with E-state index in [0.29, 0.717) is 22.6 Å². The summed E-state index contributed by atoms with van der Waals surface area (Å²) < 4.78 is 0. The van der Waals surface area contributed by atoms with E-state index >= 15 is 0 Å². The smallest absolute Gasteiger partial charge is 0.308 e. The van der Waals surface area contributed by atoms with Gasteiger partial charge in [0.25, 0.3) is 11.8 Å². The first-order chi connectivity index (χ1) is 11.9. The van der Waals surface area contributed by atoms with Gasteiger partial charge in [0, 0.05) is 17.9 Å². The number of fused-ring (bicyclic) bond motifs is 1. The molecule has 128 valence electrons. The SMILES string of the molecule is Cc1ccc(NC(=O)Nc2ccc3c(c2)C(=O)N(C(C)C)C3=O)nc1. The molecule has 25 heavy (non-hydrogen) atoms. The van der Waals surface area contributed by atoms with Crippen molar-refractivity contribution in [1.82, 2.24) is 9.88 Å². The molecule has 0 aliphatic carbocycles. The summed E-state index contributed by atoms with van der Waals surface area (Å²) in [6.07, 6.45) is 1.65. The van der Waals surface area contributed by atoms with E-state index in [4.69, 9.17) is 0 Å². The molecule has 0 fully saturated rings. The van der Waals surface area contributed by atoms with Crippen LogP contribution in [0.1, 0.15) is 40.1 Å². The number of aromatic nitrogens is 1. The van der Waals surface area contributed by atoms with Gasteiger partial charge in [0.15, 0.2) is 0 Å². The summed E-state index contributed by atoms with van der Waals surface area (Å²) in [6.45, 7) is 5.46. The van der Waals surface area contributed by atoms with Gasteiger partial charge in [-0.05, 0) is 50.6 Å². The van der Waals surface area contributed by atoms with Gasteiger partial charge < -0.3 is 5.32 Å². The van der Waals surface area contributed by atoms with E-state index in [0.717, 1.165) is 5.56 Å². The van der Waals surface area contributed by atoms with Crippen molar-refractivity contribution < 1.29 is 14.4 Å². The highest BCUT2D eigenvalue weighted by Gasteiger charge is 2.37. The van der Waals surface area contributed by atoms with Crippen LogP contribution in [0.15, 0.2) is 36.5 Å².